The summed E-state index contributed by atoms with van der Waals surface area (Å²) in [6.07, 6.45) is 1.15. The third-order valence-electron chi connectivity index (χ3n) is 6.53. The molecule has 0 unspecified atom stereocenters. The predicted octanol–water partition coefficient (Wildman–Crippen LogP) is 6.45. The minimum Gasteiger partial charge on any atom is -0.351 e. The molecule has 7 heteroatoms. The Morgan fingerprint density at radius 1 is 1.03 bits per heavy atom. The fourth-order valence-electron chi connectivity index (χ4n) is 4.94. The molecule has 0 N–H and O–H groups in total. The number of carbonyl (C=O) groups excluding carboxylic acids is 2. The Labute approximate surface area is 215 Å². The van der Waals surface area contributed by atoms with E-state index in [9.17, 15) is 9.59 Å². The van der Waals surface area contributed by atoms with Gasteiger partial charge in [-0.15, -0.1) is 0 Å². The first-order valence-electron chi connectivity index (χ1n) is 11.9. The molecular formula is C29H26ClN3O3. The molecule has 0 radical (unpaired) electrons. The van der Waals surface area contributed by atoms with Gasteiger partial charge in [0.25, 0.3) is 5.91 Å². The van der Waals surface area contributed by atoms with Crippen molar-refractivity contribution in [3.63, 3.8) is 0 Å². The minimum atomic E-state index is -0.249. The molecule has 3 aromatic carbocycles. The number of rotatable bonds is 5. The highest BCUT2D eigenvalue weighted by Gasteiger charge is 2.39. The largest absolute Gasteiger partial charge is 0.351 e. The van der Waals surface area contributed by atoms with Gasteiger partial charge in [-0.25, -0.2) is 0 Å². The fourth-order valence-corrected chi connectivity index (χ4v) is 5.06. The predicted molar refractivity (Wildman–Crippen MR) is 140 cm³/mol. The second-order valence-corrected chi connectivity index (χ2v) is 9.48. The molecule has 2 amide bonds. The Hall–Kier alpha value is -3.90. The van der Waals surface area contributed by atoms with Gasteiger partial charge < -0.3 is 14.3 Å². The Morgan fingerprint density at radius 2 is 1.72 bits per heavy atom. The van der Waals surface area contributed by atoms with E-state index in [0.29, 0.717) is 23.6 Å². The first-order valence-corrected chi connectivity index (χ1v) is 12.3. The first kappa shape index (κ1) is 23.8. The van der Waals surface area contributed by atoms with E-state index in [0.717, 1.165) is 22.5 Å². The Balaban J connectivity index is 1.47. The third-order valence-corrected chi connectivity index (χ3v) is 6.78. The molecule has 0 saturated carbocycles. The molecule has 0 saturated heterocycles. The highest BCUT2D eigenvalue weighted by atomic mass is 35.5. The number of halogens is 1. The molecule has 5 rings (SSSR count). The Morgan fingerprint density at radius 3 is 2.44 bits per heavy atom. The van der Waals surface area contributed by atoms with Crippen molar-refractivity contribution in [2.75, 3.05) is 9.80 Å². The smallest absolute Gasteiger partial charge is 0.297 e. The SMILES string of the molecule is CC(=O)N(c1ccc(Cl)cc1)[C@@H]1C[C@H](C)N(C(=O)c2cc(Cc3ccccc3)no2)c2ccccc21. The number of nitrogens with zero attached hydrogens (tertiary/aromatic N) is 3. The third kappa shape index (κ3) is 4.64. The molecule has 0 fully saturated rings. The summed E-state index contributed by atoms with van der Waals surface area (Å²) in [7, 11) is 0. The van der Waals surface area contributed by atoms with Gasteiger partial charge in [0.2, 0.25) is 11.7 Å². The first-order chi connectivity index (χ1) is 17.4. The van der Waals surface area contributed by atoms with Gasteiger partial charge in [0.15, 0.2) is 0 Å². The van der Waals surface area contributed by atoms with Crippen molar-refractivity contribution < 1.29 is 14.1 Å². The van der Waals surface area contributed by atoms with Crippen LogP contribution >= 0.6 is 11.6 Å². The summed E-state index contributed by atoms with van der Waals surface area (Å²) < 4.78 is 5.49. The lowest BCUT2D eigenvalue weighted by atomic mass is 9.89. The van der Waals surface area contributed by atoms with E-state index >= 15 is 0 Å². The second kappa shape index (κ2) is 9.99. The average Bonchev–Trinajstić information content (AvgIpc) is 3.34. The molecule has 182 valence electrons. The van der Waals surface area contributed by atoms with E-state index in [1.165, 1.54) is 0 Å². The van der Waals surface area contributed by atoms with Crippen molar-refractivity contribution in [3.05, 3.63) is 113 Å². The molecule has 2 atom stereocenters. The van der Waals surface area contributed by atoms with Gasteiger partial charge >= 0.3 is 0 Å². The maximum atomic E-state index is 13.7. The number of carbonyl (C=O) groups is 2. The average molecular weight is 500 g/mol. The van der Waals surface area contributed by atoms with Gasteiger partial charge in [0.1, 0.15) is 0 Å². The molecule has 36 heavy (non-hydrogen) atoms. The van der Waals surface area contributed by atoms with E-state index in [-0.39, 0.29) is 29.7 Å². The van der Waals surface area contributed by atoms with Crippen LogP contribution in [0.3, 0.4) is 0 Å². The maximum Gasteiger partial charge on any atom is 0.297 e. The van der Waals surface area contributed by atoms with Crippen LogP contribution in [-0.2, 0) is 11.2 Å². The van der Waals surface area contributed by atoms with Crippen LogP contribution in [0, 0.1) is 0 Å². The van der Waals surface area contributed by atoms with Gasteiger partial charge in [-0.1, -0.05) is 65.3 Å². The maximum absolute atomic E-state index is 13.7. The van der Waals surface area contributed by atoms with E-state index in [2.05, 4.69) is 5.16 Å². The summed E-state index contributed by atoms with van der Waals surface area (Å²) >= 11 is 6.08. The van der Waals surface area contributed by atoms with Crippen LogP contribution in [0.1, 0.15) is 53.7 Å². The van der Waals surface area contributed by atoms with Crippen molar-refractivity contribution >= 4 is 34.8 Å². The Kier molecular flexibility index (Phi) is 6.61. The van der Waals surface area contributed by atoms with Crippen LogP contribution in [0.5, 0.6) is 0 Å². The number of amides is 2. The summed E-state index contributed by atoms with van der Waals surface area (Å²) in [5.41, 5.74) is 4.21. The number of para-hydroxylation sites is 1. The molecule has 1 aliphatic heterocycles. The number of aromatic nitrogens is 1. The van der Waals surface area contributed by atoms with Crippen molar-refractivity contribution in [3.8, 4) is 0 Å². The van der Waals surface area contributed by atoms with Crippen molar-refractivity contribution in [1.29, 1.82) is 0 Å². The van der Waals surface area contributed by atoms with Crippen molar-refractivity contribution in [2.24, 2.45) is 0 Å². The zero-order valence-corrected chi connectivity index (χ0v) is 20.9. The van der Waals surface area contributed by atoms with E-state index < -0.39 is 0 Å². The molecule has 1 aliphatic rings. The molecular weight excluding hydrogens is 474 g/mol. The van der Waals surface area contributed by atoms with Crippen molar-refractivity contribution in [2.45, 2.75) is 38.8 Å². The molecule has 2 heterocycles. The number of fused-ring (bicyclic) bond motifs is 1. The molecule has 6 nitrogen and oxygen atoms in total. The number of benzene rings is 3. The molecule has 0 bridgehead atoms. The monoisotopic (exact) mass is 499 g/mol. The number of anilines is 2. The van der Waals surface area contributed by atoms with E-state index in [4.69, 9.17) is 16.1 Å². The topological polar surface area (TPSA) is 66.7 Å². The van der Waals surface area contributed by atoms with Gasteiger partial charge in [-0.05, 0) is 54.8 Å². The lowest BCUT2D eigenvalue weighted by Gasteiger charge is -2.43. The van der Waals surface area contributed by atoms with Crippen LogP contribution in [0.2, 0.25) is 5.02 Å². The van der Waals surface area contributed by atoms with Crippen LogP contribution in [-0.4, -0.2) is 23.0 Å². The Bertz CT molecular complexity index is 1380. The number of hydrogen-bond donors (Lipinski definition) is 0. The lowest BCUT2D eigenvalue weighted by molar-refractivity contribution is -0.117. The zero-order chi connectivity index (χ0) is 25.2. The quantitative estimate of drug-likeness (QED) is 0.316. The summed E-state index contributed by atoms with van der Waals surface area (Å²) in [6.45, 7) is 3.55. The normalized spacial score (nSPS) is 16.9. The van der Waals surface area contributed by atoms with Crippen molar-refractivity contribution in [1.82, 2.24) is 5.16 Å². The lowest BCUT2D eigenvalue weighted by Crippen LogP contribution is -2.47. The summed E-state index contributed by atoms with van der Waals surface area (Å²) in [6, 6.07) is 26.2. The molecule has 4 aromatic rings. The molecule has 1 aromatic heterocycles. The summed E-state index contributed by atoms with van der Waals surface area (Å²) in [4.78, 5) is 30.0. The molecule has 0 aliphatic carbocycles. The number of hydrogen-bond acceptors (Lipinski definition) is 4. The van der Waals surface area contributed by atoms with Gasteiger partial charge in [-0.2, -0.15) is 0 Å². The van der Waals surface area contributed by atoms with Crippen LogP contribution in [0.4, 0.5) is 11.4 Å². The summed E-state index contributed by atoms with van der Waals surface area (Å²) in [5, 5.41) is 4.74. The van der Waals surface area contributed by atoms with Crippen LogP contribution < -0.4 is 9.80 Å². The minimum absolute atomic E-state index is 0.0788. The molecule has 0 spiro atoms. The zero-order valence-electron chi connectivity index (χ0n) is 20.1. The highest BCUT2D eigenvalue weighted by Crippen LogP contribution is 2.42. The second-order valence-electron chi connectivity index (χ2n) is 9.04. The highest BCUT2D eigenvalue weighted by molar-refractivity contribution is 6.30. The van der Waals surface area contributed by atoms with E-state index in [1.54, 1.807) is 34.9 Å². The van der Waals surface area contributed by atoms with Crippen LogP contribution in [0.15, 0.2) is 89.5 Å². The standard InChI is InChI=1S/C29H26ClN3O3/c1-19-16-27(33(20(2)34)24-14-12-22(30)13-15-24)25-10-6-7-11-26(25)32(19)29(35)28-18-23(31-36-28)17-21-8-4-3-5-9-21/h3-15,18-19,27H,16-17H2,1-2H3/t19-,27+/m0/s1. The van der Waals surface area contributed by atoms with E-state index in [1.807, 2.05) is 73.7 Å². The fraction of sp³-hybridized carbons (Fsp3) is 0.207. The summed E-state index contributed by atoms with van der Waals surface area (Å²) in [5.74, 6) is -0.131. The van der Waals surface area contributed by atoms with Gasteiger partial charge in [0, 0.05) is 41.9 Å². The van der Waals surface area contributed by atoms with Crippen LogP contribution in [0.25, 0.3) is 0 Å². The van der Waals surface area contributed by atoms with Gasteiger partial charge in [0.05, 0.1) is 11.7 Å². The van der Waals surface area contributed by atoms with Gasteiger partial charge in [-0.3, -0.25) is 9.59 Å².